The molecule has 0 fully saturated rings. The fraction of sp³-hybridized carbons (Fsp3) is 0.300. The number of rotatable bonds is 3. The van der Waals surface area contributed by atoms with E-state index >= 15 is 0 Å². The second-order valence-electron chi connectivity index (χ2n) is 3.46. The minimum atomic E-state index is -5.69. The van der Waals surface area contributed by atoms with E-state index in [-0.39, 0.29) is 5.02 Å². The summed E-state index contributed by atoms with van der Waals surface area (Å²) in [5.74, 6) is -6.47. The molecular weight excluding hydrogens is 280 g/mol. The predicted molar refractivity (Wildman–Crippen MR) is 53.9 cm³/mol. The third-order valence-corrected chi connectivity index (χ3v) is 2.35. The Hall–Kier alpha value is -1.18. The molecule has 0 radical (unpaired) electrons. The van der Waals surface area contributed by atoms with Crippen LogP contribution in [0.15, 0.2) is 24.3 Å². The van der Waals surface area contributed by atoms with E-state index < -0.39 is 29.5 Å². The van der Waals surface area contributed by atoms with Gasteiger partial charge in [0.05, 0.1) is 0 Å². The summed E-state index contributed by atoms with van der Waals surface area (Å²) in [7, 11) is 0. The van der Waals surface area contributed by atoms with Crippen LogP contribution in [0.5, 0.6) is 0 Å². The van der Waals surface area contributed by atoms with Crippen LogP contribution in [-0.2, 0) is 0 Å². The highest BCUT2D eigenvalue weighted by Gasteiger charge is 2.61. The molecule has 0 aliphatic carbocycles. The Morgan fingerprint density at radius 2 is 1.83 bits per heavy atom. The molecule has 1 unspecified atom stereocenters. The second-order valence-corrected chi connectivity index (χ2v) is 3.90. The average Bonchev–Trinajstić information content (AvgIpc) is 2.25. The number of carbonyl (C=O) groups is 1. The monoisotopic (exact) mass is 286 g/mol. The van der Waals surface area contributed by atoms with Gasteiger partial charge in [0.25, 0.3) is 0 Å². The van der Waals surface area contributed by atoms with E-state index in [1.165, 1.54) is 12.1 Å². The number of halogens is 5. The van der Waals surface area contributed by atoms with E-state index in [0.29, 0.717) is 0 Å². The van der Waals surface area contributed by atoms with Gasteiger partial charge in [0.15, 0.2) is 0 Å². The van der Waals surface area contributed by atoms with E-state index in [4.69, 9.17) is 21.8 Å². The van der Waals surface area contributed by atoms with Crippen LogP contribution in [0.4, 0.5) is 17.6 Å². The van der Waals surface area contributed by atoms with Gasteiger partial charge in [-0.3, -0.25) is 4.79 Å². The molecule has 0 aliphatic rings. The van der Waals surface area contributed by atoms with Gasteiger partial charge < -0.3 is 10.2 Å². The number of hydrogen-bond donors (Lipinski definition) is 2. The van der Waals surface area contributed by atoms with Crippen LogP contribution >= 0.6 is 11.6 Å². The molecular formula is C10H7ClF4O3. The van der Waals surface area contributed by atoms with Crippen LogP contribution in [0.3, 0.4) is 0 Å². The highest BCUT2D eigenvalue weighted by Crippen LogP contribution is 2.33. The largest absolute Gasteiger partial charge is 0.446 e. The smallest absolute Gasteiger partial charge is 0.356 e. The molecule has 18 heavy (non-hydrogen) atoms. The van der Waals surface area contributed by atoms with Crippen LogP contribution in [0.25, 0.3) is 0 Å². The molecule has 1 aromatic carbocycles. The number of carbonyl (C=O) groups excluding carboxylic acids is 1. The first kappa shape index (κ1) is 14.9. The number of Topliss-reactive ketones (excluding diaryl/α,β-unsaturated/α-hetero) is 1. The molecule has 0 amide bonds. The first-order valence-corrected chi connectivity index (χ1v) is 4.90. The van der Waals surface area contributed by atoms with Gasteiger partial charge in [0.2, 0.25) is 12.0 Å². The summed E-state index contributed by atoms with van der Waals surface area (Å²) in [6.45, 7) is 0. The van der Waals surface area contributed by atoms with Crippen molar-refractivity contribution in [3.05, 3.63) is 34.9 Å². The number of benzene rings is 1. The summed E-state index contributed by atoms with van der Waals surface area (Å²) in [4.78, 5) is 11.3. The predicted octanol–water partition coefficient (Wildman–Crippen LogP) is 2.10. The molecule has 3 nitrogen and oxygen atoms in total. The molecule has 1 aromatic rings. The third kappa shape index (κ3) is 2.80. The molecule has 100 valence electrons. The summed E-state index contributed by atoms with van der Waals surface area (Å²) >= 11 is 5.48. The van der Waals surface area contributed by atoms with Crippen molar-refractivity contribution in [2.45, 2.75) is 18.1 Å². The van der Waals surface area contributed by atoms with Gasteiger partial charge in [-0.2, -0.15) is 13.2 Å². The summed E-state index contributed by atoms with van der Waals surface area (Å²) in [5.41, 5.74) is -0.494. The minimum absolute atomic E-state index is 0.00142. The molecule has 0 aliphatic heterocycles. The fourth-order valence-corrected chi connectivity index (χ4v) is 1.30. The maximum Gasteiger partial charge on any atom is 0.446 e. The highest BCUT2D eigenvalue weighted by molar-refractivity contribution is 6.31. The first-order chi connectivity index (χ1) is 8.07. The van der Waals surface area contributed by atoms with Crippen LogP contribution in [0.2, 0.25) is 5.02 Å². The quantitative estimate of drug-likeness (QED) is 0.508. The Morgan fingerprint density at radius 1 is 1.28 bits per heavy atom. The maximum absolute atomic E-state index is 13.3. The van der Waals surface area contributed by atoms with Crippen LogP contribution in [0, 0.1) is 0 Å². The molecule has 0 heterocycles. The summed E-state index contributed by atoms with van der Waals surface area (Å²) in [5, 5.41) is 17.2. The van der Waals surface area contributed by atoms with Gasteiger partial charge in [-0.25, -0.2) is 4.39 Å². The Balaban J connectivity index is 3.05. The lowest BCUT2D eigenvalue weighted by Crippen LogP contribution is -2.55. The SMILES string of the molecule is O=C(c1cccc(Cl)c1)C(F)C(O)(O)C(F)(F)F. The first-order valence-electron chi connectivity index (χ1n) is 4.52. The van der Waals surface area contributed by atoms with Gasteiger partial charge in [0.1, 0.15) is 0 Å². The van der Waals surface area contributed by atoms with Crippen LogP contribution in [-0.4, -0.2) is 34.1 Å². The van der Waals surface area contributed by atoms with Gasteiger partial charge >= 0.3 is 12.0 Å². The van der Waals surface area contributed by atoms with Crippen molar-refractivity contribution in [1.82, 2.24) is 0 Å². The standard InChI is InChI=1S/C10H7ClF4O3/c11-6-3-1-2-5(4-6)7(16)8(12)9(17,18)10(13,14)15/h1-4,8,17-18H. The van der Waals surface area contributed by atoms with Gasteiger partial charge in [-0.15, -0.1) is 0 Å². The summed E-state index contributed by atoms with van der Waals surface area (Å²) in [6.07, 6.45) is -9.25. The van der Waals surface area contributed by atoms with Crippen LogP contribution < -0.4 is 0 Å². The van der Waals surface area contributed by atoms with Crippen LogP contribution in [0.1, 0.15) is 10.4 Å². The fourth-order valence-electron chi connectivity index (χ4n) is 1.11. The summed E-state index contributed by atoms with van der Waals surface area (Å²) in [6, 6.07) is 4.46. The van der Waals surface area contributed by atoms with E-state index in [1.807, 2.05) is 0 Å². The Bertz CT molecular complexity index is 459. The number of aliphatic hydroxyl groups is 2. The highest BCUT2D eigenvalue weighted by atomic mass is 35.5. The van der Waals surface area contributed by atoms with E-state index in [2.05, 4.69) is 0 Å². The van der Waals surface area contributed by atoms with Gasteiger partial charge in [-0.1, -0.05) is 23.7 Å². The van der Waals surface area contributed by atoms with Gasteiger partial charge in [-0.05, 0) is 12.1 Å². The second kappa shape index (κ2) is 4.83. The van der Waals surface area contributed by atoms with Crippen molar-refractivity contribution in [3.8, 4) is 0 Å². The number of hydrogen-bond acceptors (Lipinski definition) is 3. The topological polar surface area (TPSA) is 57.5 Å². The minimum Gasteiger partial charge on any atom is -0.356 e. The molecule has 0 aromatic heterocycles. The van der Waals surface area contributed by atoms with Crippen molar-refractivity contribution in [2.75, 3.05) is 0 Å². The van der Waals surface area contributed by atoms with Crippen molar-refractivity contribution in [1.29, 1.82) is 0 Å². The lowest BCUT2D eigenvalue weighted by atomic mass is 10.0. The molecule has 0 bridgehead atoms. The summed E-state index contributed by atoms with van der Waals surface area (Å²) < 4.78 is 49.6. The number of alkyl halides is 4. The Labute approximate surface area is 104 Å². The van der Waals surface area contributed by atoms with Crippen molar-refractivity contribution < 1.29 is 32.6 Å². The molecule has 1 rings (SSSR count). The van der Waals surface area contributed by atoms with Crippen molar-refractivity contribution >= 4 is 17.4 Å². The van der Waals surface area contributed by atoms with E-state index in [0.717, 1.165) is 12.1 Å². The normalized spacial score (nSPS) is 14.4. The van der Waals surface area contributed by atoms with E-state index in [1.54, 1.807) is 0 Å². The zero-order chi connectivity index (χ0) is 14.1. The average molecular weight is 287 g/mol. The molecule has 8 heteroatoms. The zero-order valence-electron chi connectivity index (χ0n) is 8.58. The molecule has 0 spiro atoms. The van der Waals surface area contributed by atoms with Crippen molar-refractivity contribution in [2.24, 2.45) is 0 Å². The number of ketones is 1. The third-order valence-electron chi connectivity index (χ3n) is 2.11. The maximum atomic E-state index is 13.3. The lowest BCUT2D eigenvalue weighted by molar-refractivity contribution is -0.362. The van der Waals surface area contributed by atoms with E-state index in [9.17, 15) is 22.4 Å². The molecule has 2 N–H and O–H groups in total. The Morgan fingerprint density at radius 3 is 2.28 bits per heavy atom. The molecule has 1 atom stereocenters. The Kier molecular flexibility index (Phi) is 3.99. The zero-order valence-corrected chi connectivity index (χ0v) is 9.34. The van der Waals surface area contributed by atoms with Crippen molar-refractivity contribution in [3.63, 3.8) is 0 Å². The lowest BCUT2D eigenvalue weighted by Gasteiger charge is -2.26. The molecule has 0 saturated carbocycles. The molecule has 0 saturated heterocycles. The van der Waals surface area contributed by atoms with Gasteiger partial charge in [0, 0.05) is 10.6 Å².